The first-order valence-electron chi connectivity index (χ1n) is 19.4. The van der Waals surface area contributed by atoms with Gasteiger partial charge in [-0.25, -0.2) is 9.97 Å². The van der Waals surface area contributed by atoms with E-state index >= 15 is 0 Å². The van der Waals surface area contributed by atoms with E-state index in [0.717, 1.165) is 71.7 Å². The Labute approximate surface area is 330 Å². The van der Waals surface area contributed by atoms with Crippen LogP contribution in [0.4, 0.5) is 0 Å². The van der Waals surface area contributed by atoms with Crippen LogP contribution in [0.2, 0.25) is 0 Å². The molecule has 0 N–H and O–H groups in total. The van der Waals surface area contributed by atoms with Crippen molar-refractivity contribution in [1.29, 1.82) is 0 Å². The molecule has 0 aliphatic carbocycles. The van der Waals surface area contributed by atoms with Gasteiger partial charge in [0.25, 0.3) is 0 Å². The second kappa shape index (κ2) is 12.3. The molecule has 1 aliphatic heterocycles. The Morgan fingerprint density at radius 3 is 1.82 bits per heavy atom. The average Bonchev–Trinajstić information content (AvgIpc) is 3.92. The number of hydrogen-bond donors (Lipinski definition) is 0. The molecule has 1 aliphatic rings. The number of nitrogens with zero attached hydrogens (tertiary/aromatic N) is 3. The fourth-order valence-electron chi connectivity index (χ4n) is 9.50. The molecule has 0 atom stereocenters. The van der Waals surface area contributed by atoms with E-state index in [1.165, 1.54) is 26.5 Å². The maximum atomic E-state index is 6.41. The van der Waals surface area contributed by atoms with Crippen LogP contribution in [0.5, 0.6) is 0 Å². The smallest absolute Gasteiger partial charge is 0.203 e. The molecule has 266 valence electrons. The van der Waals surface area contributed by atoms with Crippen molar-refractivity contribution in [3.8, 4) is 39.5 Å². The third-order valence-electron chi connectivity index (χ3n) is 11.9. The summed E-state index contributed by atoms with van der Waals surface area (Å²) in [6, 6.07) is 71.9. The molecule has 0 bridgehead atoms. The predicted molar refractivity (Wildman–Crippen MR) is 237 cm³/mol. The summed E-state index contributed by atoms with van der Waals surface area (Å²) in [5.41, 5.74) is 10.4. The van der Waals surface area contributed by atoms with Gasteiger partial charge in [-0.15, -0.1) is 0 Å². The molecule has 4 heterocycles. The van der Waals surface area contributed by atoms with Crippen molar-refractivity contribution in [2.45, 2.75) is 0 Å². The molecule has 5 heteroatoms. The van der Waals surface area contributed by atoms with E-state index in [2.05, 4.69) is 193 Å². The second-order valence-electron chi connectivity index (χ2n) is 14.8. The Balaban J connectivity index is 1.20. The highest BCUT2D eigenvalue weighted by Gasteiger charge is 2.51. The molecule has 0 saturated carbocycles. The van der Waals surface area contributed by atoms with E-state index in [4.69, 9.17) is 14.4 Å². The quantitative estimate of drug-likeness (QED) is 0.165. The van der Waals surface area contributed by atoms with Crippen LogP contribution in [-0.4, -0.2) is 22.6 Å². The molecule has 0 fully saturated rings. The fraction of sp³-hybridized carbons (Fsp3) is 0. The highest BCUT2D eigenvalue weighted by Crippen LogP contribution is 2.41. The molecule has 11 aromatic rings. The van der Waals surface area contributed by atoms with Gasteiger partial charge in [0.05, 0.1) is 27.7 Å². The SMILES string of the molecule is c1ccc(-c2nc(-c3ccccc3-n3c4ccccc4c4cc5oc6ccccc6c5cc43)nc3c2-c2ccccc2[Si]3(c2ccccc2)c2ccccc2)cc1. The van der Waals surface area contributed by atoms with Crippen LogP contribution in [-0.2, 0) is 0 Å². The summed E-state index contributed by atoms with van der Waals surface area (Å²) >= 11 is 0. The Bertz CT molecular complexity index is 3310. The Morgan fingerprint density at radius 2 is 1.05 bits per heavy atom. The van der Waals surface area contributed by atoms with Crippen LogP contribution in [0, 0.1) is 0 Å². The lowest BCUT2D eigenvalue weighted by Crippen LogP contribution is -2.73. The summed E-state index contributed by atoms with van der Waals surface area (Å²) in [5.74, 6) is 0.709. The van der Waals surface area contributed by atoms with Crippen LogP contribution >= 0.6 is 0 Å². The average molecular weight is 744 g/mol. The minimum absolute atomic E-state index is 0.709. The van der Waals surface area contributed by atoms with Crippen LogP contribution in [0.3, 0.4) is 0 Å². The minimum Gasteiger partial charge on any atom is -0.456 e. The first kappa shape index (κ1) is 32.0. The molecule has 3 aromatic heterocycles. The van der Waals surface area contributed by atoms with E-state index in [0.29, 0.717) is 5.82 Å². The summed E-state index contributed by atoms with van der Waals surface area (Å²) < 4.78 is 8.81. The van der Waals surface area contributed by atoms with E-state index in [9.17, 15) is 0 Å². The number of furan rings is 1. The van der Waals surface area contributed by atoms with Crippen LogP contribution in [0.1, 0.15) is 0 Å². The van der Waals surface area contributed by atoms with Crippen LogP contribution in [0.25, 0.3) is 83.2 Å². The van der Waals surface area contributed by atoms with Gasteiger partial charge in [0, 0.05) is 38.2 Å². The second-order valence-corrected chi connectivity index (χ2v) is 18.5. The molecule has 0 radical (unpaired) electrons. The van der Waals surface area contributed by atoms with Gasteiger partial charge in [0.15, 0.2) is 5.82 Å². The van der Waals surface area contributed by atoms with E-state index in [-0.39, 0.29) is 0 Å². The molecule has 0 saturated heterocycles. The first-order valence-corrected chi connectivity index (χ1v) is 21.4. The number of benzene rings is 8. The monoisotopic (exact) mass is 743 g/mol. The van der Waals surface area contributed by atoms with Gasteiger partial charge < -0.3 is 8.98 Å². The topological polar surface area (TPSA) is 43.9 Å². The lowest BCUT2D eigenvalue weighted by Gasteiger charge is -2.30. The predicted octanol–water partition coefficient (Wildman–Crippen LogP) is 10.2. The maximum Gasteiger partial charge on any atom is 0.203 e. The summed E-state index contributed by atoms with van der Waals surface area (Å²) in [5, 5.41) is 9.58. The van der Waals surface area contributed by atoms with Crippen molar-refractivity contribution in [3.05, 3.63) is 200 Å². The standard InChI is InChI=1S/C52H33N3OSi/c1-4-18-34(19-5-1)50-49-40-27-13-17-31-48(40)57(35-20-6-2-7-21-35,36-22-8-3-9-23-36)52(49)54-51(53-50)39-26-11-15-29-44(39)55-43-28-14-10-24-37(43)41-33-47-42(32-45(41)55)38-25-12-16-30-46(38)56-47/h1-33H. The van der Waals surface area contributed by atoms with E-state index < -0.39 is 8.07 Å². The van der Waals surface area contributed by atoms with Crippen molar-refractivity contribution in [1.82, 2.24) is 14.5 Å². The fourth-order valence-corrected chi connectivity index (χ4v) is 14.5. The third kappa shape index (κ3) is 4.55. The number of hydrogen-bond acceptors (Lipinski definition) is 3. The maximum absolute atomic E-state index is 6.41. The Morgan fingerprint density at radius 1 is 0.439 bits per heavy atom. The highest BCUT2D eigenvalue weighted by molar-refractivity contribution is 7.21. The van der Waals surface area contributed by atoms with Gasteiger partial charge in [-0.2, -0.15) is 0 Å². The molecule has 8 aromatic carbocycles. The lowest BCUT2D eigenvalue weighted by molar-refractivity contribution is 0.669. The Hall–Kier alpha value is -7.34. The molecular formula is C52H33N3OSi. The van der Waals surface area contributed by atoms with Crippen molar-refractivity contribution < 1.29 is 4.42 Å². The largest absolute Gasteiger partial charge is 0.456 e. The molecule has 12 rings (SSSR count). The van der Waals surface area contributed by atoms with Crippen LogP contribution in [0.15, 0.2) is 205 Å². The van der Waals surface area contributed by atoms with Gasteiger partial charge in [0.2, 0.25) is 8.07 Å². The van der Waals surface area contributed by atoms with Gasteiger partial charge in [-0.05, 0) is 57.5 Å². The molecule has 0 amide bonds. The zero-order valence-corrected chi connectivity index (χ0v) is 31.8. The van der Waals surface area contributed by atoms with Crippen molar-refractivity contribution >= 4 is 72.7 Å². The third-order valence-corrected chi connectivity index (χ3v) is 16.6. The van der Waals surface area contributed by atoms with E-state index in [1.54, 1.807) is 0 Å². The van der Waals surface area contributed by atoms with Gasteiger partial charge in [-0.3, -0.25) is 0 Å². The normalized spacial score (nSPS) is 13.1. The summed E-state index contributed by atoms with van der Waals surface area (Å²) in [4.78, 5) is 11.5. The number of rotatable bonds is 5. The van der Waals surface area contributed by atoms with Gasteiger partial charge >= 0.3 is 0 Å². The Kier molecular flexibility index (Phi) is 6.91. The minimum atomic E-state index is -2.94. The molecule has 57 heavy (non-hydrogen) atoms. The van der Waals surface area contributed by atoms with Crippen LogP contribution < -0.4 is 20.9 Å². The number of para-hydroxylation sites is 3. The van der Waals surface area contributed by atoms with Gasteiger partial charge in [0.1, 0.15) is 11.2 Å². The zero-order chi connectivity index (χ0) is 37.5. The highest BCUT2D eigenvalue weighted by atomic mass is 28.3. The van der Waals surface area contributed by atoms with Crippen molar-refractivity contribution in [2.75, 3.05) is 0 Å². The molecule has 4 nitrogen and oxygen atoms in total. The molecular weight excluding hydrogens is 711 g/mol. The summed E-state index contributed by atoms with van der Waals surface area (Å²) in [6.45, 7) is 0. The summed E-state index contributed by atoms with van der Waals surface area (Å²) in [6.07, 6.45) is 0. The number of fused-ring (bicyclic) bond motifs is 9. The van der Waals surface area contributed by atoms with E-state index in [1.807, 2.05) is 12.1 Å². The first-order chi connectivity index (χ1) is 28.3. The van der Waals surface area contributed by atoms with Crippen molar-refractivity contribution in [3.63, 3.8) is 0 Å². The lowest BCUT2D eigenvalue weighted by atomic mass is 10.0. The van der Waals surface area contributed by atoms with Gasteiger partial charge in [-0.1, -0.05) is 164 Å². The van der Waals surface area contributed by atoms with Crippen molar-refractivity contribution in [2.24, 2.45) is 0 Å². The molecule has 0 spiro atoms. The zero-order valence-electron chi connectivity index (χ0n) is 30.8. The summed E-state index contributed by atoms with van der Waals surface area (Å²) in [7, 11) is -2.94. The molecule has 0 unspecified atom stereocenters. The number of aromatic nitrogens is 3.